The van der Waals surface area contributed by atoms with Crippen LogP contribution in [-0.4, -0.2) is 31.1 Å². The van der Waals surface area contributed by atoms with E-state index in [0.717, 1.165) is 0 Å². The third-order valence-corrected chi connectivity index (χ3v) is 3.02. The zero-order chi connectivity index (χ0) is 18.1. The number of ether oxygens (including phenoxy) is 2. The van der Waals surface area contributed by atoms with Gasteiger partial charge >= 0.3 is 12.0 Å². The van der Waals surface area contributed by atoms with E-state index in [2.05, 4.69) is 15.9 Å². The second kappa shape index (κ2) is 9.32. The molecule has 0 radical (unpaired) electrons. The Morgan fingerprint density at radius 1 is 1.42 bits per heavy atom. The van der Waals surface area contributed by atoms with Crippen molar-refractivity contribution in [1.82, 2.24) is 5.32 Å². The van der Waals surface area contributed by atoms with Crippen molar-refractivity contribution in [1.29, 1.82) is 5.26 Å². The molecule has 1 rings (SSSR count). The number of nitrogens with one attached hydrogen (secondary N) is 1. The molecule has 0 spiro atoms. The van der Waals surface area contributed by atoms with Gasteiger partial charge in [-0.05, 0) is 31.2 Å². The Hall–Kier alpha value is -2.86. The minimum atomic E-state index is -1.07. The van der Waals surface area contributed by atoms with E-state index < -0.39 is 17.9 Å². The molecule has 1 aromatic rings. The van der Waals surface area contributed by atoms with Crippen molar-refractivity contribution >= 4 is 39.9 Å². The fourth-order valence-corrected chi connectivity index (χ4v) is 1.97. The molecule has 0 atom stereocenters. The normalized spacial score (nSPS) is 10.5. The van der Waals surface area contributed by atoms with Gasteiger partial charge in [-0.2, -0.15) is 5.26 Å². The predicted molar refractivity (Wildman–Crippen MR) is 87.6 cm³/mol. The van der Waals surface area contributed by atoms with E-state index in [1.54, 1.807) is 36.5 Å². The molecule has 8 nitrogen and oxygen atoms in total. The van der Waals surface area contributed by atoms with Crippen LogP contribution in [0.25, 0.3) is 6.08 Å². The number of imide groups is 1. The molecule has 9 heteroatoms. The summed E-state index contributed by atoms with van der Waals surface area (Å²) < 4.78 is 10.8. The maximum absolute atomic E-state index is 11.7. The monoisotopic (exact) mass is 395 g/mol. The molecule has 126 valence electrons. The number of nitrogens with two attached hydrogens (primary N) is 1. The molecule has 0 saturated heterocycles. The van der Waals surface area contributed by atoms with Gasteiger partial charge in [-0.3, -0.25) is 10.1 Å². The molecule has 0 heterocycles. The number of hydrogen-bond donors (Lipinski definition) is 2. The highest BCUT2D eigenvalue weighted by atomic mass is 79.9. The van der Waals surface area contributed by atoms with Gasteiger partial charge in [-0.1, -0.05) is 15.9 Å². The number of carbonyl (C=O) groups excluding carboxylic acids is 3. The van der Waals surface area contributed by atoms with Gasteiger partial charge in [-0.15, -0.1) is 0 Å². The second-order valence-electron chi connectivity index (χ2n) is 4.26. The standard InChI is InChI=1S/C15H14BrN3O5/c1-2-23-13(20)8-24-12-4-3-11(16)6-9(12)5-10(7-17)14(21)19-15(18)22/h3-6H,2,8H2,1H3,(H3,18,19,21,22)/b10-5-. The minimum absolute atomic E-state index is 0.223. The smallest absolute Gasteiger partial charge is 0.344 e. The van der Waals surface area contributed by atoms with Crippen LogP contribution in [0.2, 0.25) is 0 Å². The molecule has 3 amide bonds. The Labute approximate surface area is 146 Å². The van der Waals surface area contributed by atoms with Crippen molar-refractivity contribution in [2.45, 2.75) is 6.92 Å². The highest BCUT2D eigenvalue weighted by Crippen LogP contribution is 2.25. The number of carbonyl (C=O) groups is 3. The Kier molecular flexibility index (Phi) is 7.45. The number of hydrogen-bond acceptors (Lipinski definition) is 6. The maximum Gasteiger partial charge on any atom is 0.344 e. The van der Waals surface area contributed by atoms with E-state index in [1.807, 2.05) is 0 Å². The third kappa shape index (κ3) is 6.10. The van der Waals surface area contributed by atoms with Crippen LogP contribution >= 0.6 is 15.9 Å². The van der Waals surface area contributed by atoms with Crippen LogP contribution in [0.15, 0.2) is 28.2 Å². The van der Waals surface area contributed by atoms with Gasteiger partial charge in [0.1, 0.15) is 17.4 Å². The molecule has 1 aromatic carbocycles. The van der Waals surface area contributed by atoms with E-state index >= 15 is 0 Å². The van der Waals surface area contributed by atoms with Gasteiger partial charge < -0.3 is 15.2 Å². The number of nitriles is 1. The van der Waals surface area contributed by atoms with Crippen LogP contribution in [0.4, 0.5) is 4.79 Å². The van der Waals surface area contributed by atoms with Crippen LogP contribution in [-0.2, 0) is 14.3 Å². The van der Waals surface area contributed by atoms with E-state index in [-0.39, 0.29) is 24.5 Å². The van der Waals surface area contributed by atoms with Crippen molar-refractivity contribution in [3.8, 4) is 11.8 Å². The van der Waals surface area contributed by atoms with E-state index in [0.29, 0.717) is 10.0 Å². The van der Waals surface area contributed by atoms with E-state index in [4.69, 9.17) is 20.5 Å². The first-order valence-corrected chi connectivity index (χ1v) is 7.47. The first-order valence-electron chi connectivity index (χ1n) is 6.68. The number of nitrogens with zero attached hydrogens (tertiary/aromatic N) is 1. The summed E-state index contributed by atoms with van der Waals surface area (Å²) in [5.41, 5.74) is 4.85. The largest absolute Gasteiger partial charge is 0.481 e. The van der Waals surface area contributed by atoms with Gasteiger partial charge in [0.2, 0.25) is 0 Å². The summed E-state index contributed by atoms with van der Waals surface area (Å²) in [7, 11) is 0. The van der Waals surface area contributed by atoms with Crippen LogP contribution in [0.3, 0.4) is 0 Å². The number of benzene rings is 1. The topological polar surface area (TPSA) is 132 Å². The molecule has 0 saturated carbocycles. The first kappa shape index (κ1) is 19.2. The SMILES string of the molecule is CCOC(=O)COc1ccc(Br)cc1/C=C(/C#N)C(=O)NC(N)=O. The summed E-state index contributed by atoms with van der Waals surface area (Å²) in [4.78, 5) is 33.8. The van der Waals surface area contributed by atoms with Crippen molar-refractivity contribution in [2.24, 2.45) is 5.73 Å². The quantitative estimate of drug-likeness (QED) is 0.426. The van der Waals surface area contributed by atoms with Gasteiger partial charge in [0.15, 0.2) is 6.61 Å². The number of esters is 1. The van der Waals surface area contributed by atoms with Crippen molar-refractivity contribution in [3.63, 3.8) is 0 Å². The van der Waals surface area contributed by atoms with Crippen LogP contribution in [0, 0.1) is 11.3 Å². The molecule has 3 N–H and O–H groups in total. The van der Waals surface area contributed by atoms with Crippen molar-refractivity contribution in [3.05, 3.63) is 33.8 Å². The van der Waals surface area contributed by atoms with Gasteiger partial charge in [-0.25, -0.2) is 9.59 Å². The molecule has 0 aliphatic heterocycles. The molecule has 24 heavy (non-hydrogen) atoms. The lowest BCUT2D eigenvalue weighted by Gasteiger charge is -2.09. The summed E-state index contributed by atoms with van der Waals surface area (Å²) in [5, 5.41) is 10.9. The average Bonchev–Trinajstić information content (AvgIpc) is 2.51. The summed E-state index contributed by atoms with van der Waals surface area (Å²) in [6.45, 7) is 1.56. The summed E-state index contributed by atoms with van der Waals surface area (Å²) in [6.07, 6.45) is 1.21. The third-order valence-electron chi connectivity index (χ3n) is 2.52. The Bertz CT molecular complexity index is 724. The number of primary amides is 1. The van der Waals surface area contributed by atoms with Crippen molar-refractivity contribution < 1.29 is 23.9 Å². The zero-order valence-corrected chi connectivity index (χ0v) is 14.3. The molecule has 0 fully saturated rings. The zero-order valence-electron chi connectivity index (χ0n) is 12.7. The molecule has 0 unspecified atom stereocenters. The fraction of sp³-hybridized carbons (Fsp3) is 0.200. The maximum atomic E-state index is 11.7. The molecule has 0 aliphatic rings. The number of rotatable bonds is 6. The number of urea groups is 1. The van der Waals surface area contributed by atoms with Crippen LogP contribution in [0.1, 0.15) is 12.5 Å². The van der Waals surface area contributed by atoms with Crippen molar-refractivity contribution in [2.75, 3.05) is 13.2 Å². The fourth-order valence-electron chi connectivity index (χ4n) is 1.59. The lowest BCUT2D eigenvalue weighted by Crippen LogP contribution is -2.35. The Morgan fingerprint density at radius 3 is 2.71 bits per heavy atom. The summed E-state index contributed by atoms with van der Waals surface area (Å²) in [6, 6.07) is 5.38. The number of halogens is 1. The lowest BCUT2D eigenvalue weighted by molar-refractivity contribution is -0.145. The van der Waals surface area contributed by atoms with Gasteiger partial charge in [0.05, 0.1) is 6.61 Å². The number of amides is 3. The lowest BCUT2D eigenvalue weighted by atomic mass is 10.1. The highest BCUT2D eigenvalue weighted by molar-refractivity contribution is 9.10. The Morgan fingerprint density at radius 2 is 2.12 bits per heavy atom. The molecule has 0 aliphatic carbocycles. The molecule has 0 bridgehead atoms. The predicted octanol–water partition coefficient (Wildman–Crippen LogP) is 1.49. The van der Waals surface area contributed by atoms with Gasteiger partial charge in [0, 0.05) is 10.0 Å². The van der Waals surface area contributed by atoms with E-state index in [9.17, 15) is 14.4 Å². The van der Waals surface area contributed by atoms with Crippen LogP contribution < -0.4 is 15.8 Å². The molecular formula is C15H14BrN3O5. The van der Waals surface area contributed by atoms with E-state index in [1.165, 1.54) is 6.08 Å². The first-order chi connectivity index (χ1) is 11.4. The van der Waals surface area contributed by atoms with Gasteiger partial charge in [0.25, 0.3) is 5.91 Å². The molecular weight excluding hydrogens is 382 g/mol. The average molecular weight is 396 g/mol. The van der Waals surface area contributed by atoms with Crippen LogP contribution in [0.5, 0.6) is 5.75 Å². The summed E-state index contributed by atoms with van der Waals surface area (Å²) in [5.74, 6) is -1.24. The summed E-state index contributed by atoms with van der Waals surface area (Å²) >= 11 is 3.26. The second-order valence-corrected chi connectivity index (χ2v) is 5.18. The molecule has 0 aromatic heterocycles. The minimum Gasteiger partial charge on any atom is -0.481 e. The Balaban J connectivity index is 3.08. The highest BCUT2D eigenvalue weighted by Gasteiger charge is 2.13.